The number of cyclic esters (lactones) is 1. The minimum atomic E-state index is -0.0722. The number of carbonyl (C=O) groups is 1. The van der Waals surface area contributed by atoms with E-state index >= 15 is 0 Å². The summed E-state index contributed by atoms with van der Waals surface area (Å²) in [5.74, 6) is -0.0722. The molecule has 0 bridgehead atoms. The lowest BCUT2D eigenvalue weighted by Gasteiger charge is -2.26. The molecular weight excluding hydrogens is 190 g/mol. The molecule has 1 aliphatic heterocycles. The van der Waals surface area contributed by atoms with Crippen molar-refractivity contribution in [2.45, 2.75) is 40.0 Å². The van der Waals surface area contributed by atoms with E-state index in [1.807, 2.05) is 0 Å². The topological polar surface area (TPSA) is 29.5 Å². The Kier molecular flexibility index (Phi) is 4.58. The highest BCUT2D eigenvalue weighted by Crippen LogP contribution is 2.21. The van der Waals surface area contributed by atoms with E-state index in [0.717, 1.165) is 13.1 Å². The van der Waals surface area contributed by atoms with Gasteiger partial charge >= 0.3 is 5.97 Å². The molecule has 0 aliphatic carbocycles. The molecule has 0 aromatic carbocycles. The van der Waals surface area contributed by atoms with Crippen molar-refractivity contribution in [3.8, 4) is 0 Å². The van der Waals surface area contributed by atoms with Gasteiger partial charge in [-0.3, -0.25) is 9.69 Å². The summed E-state index contributed by atoms with van der Waals surface area (Å²) in [5, 5.41) is 0. The molecule has 3 heteroatoms. The zero-order valence-electron chi connectivity index (χ0n) is 10.2. The van der Waals surface area contributed by atoms with Crippen molar-refractivity contribution < 1.29 is 9.53 Å². The first kappa shape index (κ1) is 12.5. The van der Waals surface area contributed by atoms with E-state index in [1.54, 1.807) is 0 Å². The number of esters is 1. The molecule has 1 rings (SSSR count). The highest BCUT2D eigenvalue weighted by atomic mass is 16.5. The van der Waals surface area contributed by atoms with Crippen LogP contribution in [-0.2, 0) is 9.53 Å². The molecule has 1 aliphatic rings. The third-order valence-corrected chi connectivity index (χ3v) is 2.67. The number of hydrogen-bond acceptors (Lipinski definition) is 3. The van der Waals surface area contributed by atoms with Crippen LogP contribution in [0.3, 0.4) is 0 Å². The Hall–Kier alpha value is -0.570. The van der Waals surface area contributed by atoms with Gasteiger partial charge in [0.1, 0.15) is 6.61 Å². The van der Waals surface area contributed by atoms with Crippen molar-refractivity contribution in [2.75, 3.05) is 26.2 Å². The second-order valence-corrected chi connectivity index (χ2v) is 5.51. The lowest BCUT2D eigenvalue weighted by molar-refractivity contribution is -0.150. The van der Waals surface area contributed by atoms with E-state index in [4.69, 9.17) is 4.74 Å². The van der Waals surface area contributed by atoms with Gasteiger partial charge in [-0.25, -0.2) is 0 Å². The standard InChI is InChI=1S/C12H23NO2/c1-12(2,3)6-4-5-7-13-8-9-15-11(14)10-13/h4-10H2,1-3H3. The Morgan fingerprint density at radius 1 is 1.33 bits per heavy atom. The number of rotatable bonds is 4. The highest BCUT2D eigenvalue weighted by Gasteiger charge is 2.17. The molecule has 0 N–H and O–H groups in total. The van der Waals surface area contributed by atoms with Crippen molar-refractivity contribution in [1.82, 2.24) is 4.90 Å². The fourth-order valence-corrected chi connectivity index (χ4v) is 1.78. The van der Waals surface area contributed by atoms with Crippen molar-refractivity contribution in [1.29, 1.82) is 0 Å². The highest BCUT2D eigenvalue weighted by molar-refractivity contribution is 5.72. The zero-order chi connectivity index (χ0) is 11.3. The third-order valence-electron chi connectivity index (χ3n) is 2.67. The first-order chi connectivity index (χ1) is 6.97. The molecule has 0 amide bonds. The lowest BCUT2D eigenvalue weighted by Crippen LogP contribution is -2.40. The van der Waals surface area contributed by atoms with Crippen molar-refractivity contribution in [2.24, 2.45) is 5.41 Å². The smallest absolute Gasteiger partial charge is 0.320 e. The molecule has 0 radical (unpaired) electrons. The van der Waals surface area contributed by atoms with Gasteiger partial charge in [0.25, 0.3) is 0 Å². The monoisotopic (exact) mass is 213 g/mol. The number of ether oxygens (including phenoxy) is 1. The van der Waals surface area contributed by atoms with Gasteiger partial charge in [-0.05, 0) is 24.8 Å². The SMILES string of the molecule is CC(C)(C)CCCCN1CCOC(=O)C1. The van der Waals surface area contributed by atoms with Crippen LogP contribution >= 0.6 is 0 Å². The van der Waals surface area contributed by atoms with Crippen molar-refractivity contribution in [3.63, 3.8) is 0 Å². The van der Waals surface area contributed by atoms with Crippen LogP contribution in [0.25, 0.3) is 0 Å². The molecule has 0 atom stereocenters. The summed E-state index contributed by atoms with van der Waals surface area (Å²) < 4.78 is 4.89. The number of hydrogen-bond donors (Lipinski definition) is 0. The Labute approximate surface area is 92.8 Å². The van der Waals surface area contributed by atoms with E-state index in [2.05, 4.69) is 25.7 Å². The van der Waals surface area contributed by atoms with Gasteiger partial charge in [0, 0.05) is 6.54 Å². The number of carbonyl (C=O) groups excluding carboxylic acids is 1. The largest absolute Gasteiger partial charge is 0.463 e. The van der Waals surface area contributed by atoms with Gasteiger partial charge in [-0.1, -0.05) is 27.2 Å². The maximum absolute atomic E-state index is 11.0. The summed E-state index contributed by atoms with van der Waals surface area (Å²) in [7, 11) is 0. The van der Waals surface area contributed by atoms with Crippen LogP contribution in [0.15, 0.2) is 0 Å². The van der Waals surface area contributed by atoms with Crippen LogP contribution in [-0.4, -0.2) is 37.1 Å². The molecule has 3 nitrogen and oxygen atoms in total. The van der Waals surface area contributed by atoms with Crippen LogP contribution < -0.4 is 0 Å². The van der Waals surface area contributed by atoms with Crippen molar-refractivity contribution >= 4 is 5.97 Å². The number of unbranched alkanes of at least 4 members (excludes halogenated alkanes) is 1. The predicted octanol–water partition coefficient (Wildman–Crippen LogP) is 2.06. The van der Waals surface area contributed by atoms with Gasteiger partial charge in [0.05, 0.1) is 6.54 Å². The Balaban J connectivity index is 2.07. The molecule has 0 spiro atoms. The molecule has 0 aromatic rings. The average Bonchev–Trinajstić information content (AvgIpc) is 2.11. The molecule has 0 saturated carbocycles. The number of morpholine rings is 1. The van der Waals surface area contributed by atoms with Crippen LogP contribution in [0.2, 0.25) is 0 Å². The summed E-state index contributed by atoms with van der Waals surface area (Å²) in [5.41, 5.74) is 0.431. The molecule has 1 fully saturated rings. The fraction of sp³-hybridized carbons (Fsp3) is 0.917. The van der Waals surface area contributed by atoms with Gasteiger partial charge < -0.3 is 4.74 Å². The quantitative estimate of drug-likeness (QED) is 0.529. The zero-order valence-corrected chi connectivity index (χ0v) is 10.2. The van der Waals surface area contributed by atoms with E-state index in [0.29, 0.717) is 18.6 Å². The van der Waals surface area contributed by atoms with Gasteiger partial charge in [0.15, 0.2) is 0 Å². The molecular formula is C12H23NO2. The summed E-state index contributed by atoms with van der Waals surface area (Å²) >= 11 is 0. The van der Waals surface area contributed by atoms with Crippen LogP contribution in [0.5, 0.6) is 0 Å². The average molecular weight is 213 g/mol. The van der Waals surface area contributed by atoms with Crippen molar-refractivity contribution in [3.05, 3.63) is 0 Å². The van der Waals surface area contributed by atoms with Crippen LogP contribution in [0.4, 0.5) is 0 Å². The lowest BCUT2D eigenvalue weighted by atomic mass is 9.90. The van der Waals surface area contributed by atoms with Crippen LogP contribution in [0.1, 0.15) is 40.0 Å². The van der Waals surface area contributed by atoms with E-state index in [1.165, 1.54) is 19.3 Å². The minimum Gasteiger partial charge on any atom is -0.463 e. The minimum absolute atomic E-state index is 0.0722. The maximum atomic E-state index is 11.0. The van der Waals surface area contributed by atoms with Gasteiger partial charge in [-0.2, -0.15) is 0 Å². The van der Waals surface area contributed by atoms with E-state index in [-0.39, 0.29) is 5.97 Å². The summed E-state index contributed by atoms with van der Waals surface area (Å²) in [6.07, 6.45) is 3.69. The second kappa shape index (κ2) is 5.50. The second-order valence-electron chi connectivity index (χ2n) is 5.51. The van der Waals surface area contributed by atoms with Gasteiger partial charge in [-0.15, -0.1) is 0 Å². The third kappa shape index (κ3) is 5.78. The first-order valence-corrected chi connectivity index (χ1v) is 5.85. The van der Waals surface area contributed by atoms with E-state index in [9.17, 15) is 4.79 Å². The van der Waals surface area contributed by atoms with Crippen LogP contribution in [0, 0.1) is 5.41 Å². The Morgan fingerprint density at radius 3 is 2.67 bits per heavy atom. The molecule has 0 unspecified atom stereocenters. The first-order valence-electron chi connectivity index (χ1n) is 5.85. The normalized spacial score (nSPS) is 19.0. The predicted molar refractivity (Wildman–Crippen MR) is 60.7 cm³/mol. The van der Waals surface area contributed by atoms with E-state index < -0.39 is 0 Å². The summed E-state index contributed by atoms with van der Waals surface area (Å²) in [4.78, 5) is 13.2. The Morgan fingerprint density at radius 2 is 2.07 bits per heavy atom. The summed E-state index contributed by atoms with van der Waals surface area (Å²) in [6, 6.07) is 0. The Bertz CT molecular complexity index is 208. The molecule has 0 aromatic heterocycles. The summed E-state index contributed by atoms with van der Waals surface area (Å²) in [6.45, 7) is 9.79. The number of nitrogens with zero attached hydrogens (tertiary/aromatic N) is 1. The maximum Gasteiger partial charge on any atom is 0.320 e. The fourth-order valence-electron chi connectivity index (χ4n) is 1.78. The molecule has 88 valence electrons. The molecule has 1 heterocycles. The molecule has 15 heavy (non-hydrogen) atoms. The molecule has 1 saturated heterocycles. The van der Waals surface area contributed by atoms with Gasteiger partial charge in [0.2, 0.25) is 0 Å².